The SMILES string of the molecule is CCN(CC)c1ccc(NC(=O)C2N([C@@H](CO)Cc3ccccc3)C(=O)[C@@H]3[C@@H](C(=O)NC)[C@]4(C)OC23CC4C)cc1. The molecule has 0 radical (unpaired) electrons. The molecular formula is C32H42N4O5. The van der Waals surface area contributed by atoms with Gasteiger partial charge in [-0.3, -0.25) is 14.4 Å². The molecule has 220 valence electrons. The highest BCUT2D eigenvalue weighted by atomic mass is 16.5. The van der Waals surface area contributed by atoms with Gasteiger partial charge in [-0.1, -0.05) is 37.3 Å². The van der Waals surface area contributed by atoms with E-state index < -0.39 is 35.1 Å². The van der Waals surface area contributed by atoms with Crippen LogP contribution in [-0.4, -0.2) is 77.8 Å². The van der Waals surface area contributed by atoms with Gasteiger partial charge in [0, 0.05) is 31.5 Å². The minimum absolute atomic E-state index is 0.0563. The van der Waals surface area contributed by atoms with Crippen molar-refractivity contribution in [3.63, 3.8) is 0 Å². The first-order chi connectivity index (χ1) is 19.6. The fourth-order valence-electron chi connectivity index (χ4n) is 7.62. The molecule has 3 unspecified atom stereocenters. The minimum atomic E-state index is -1.18. The van der Waals surface area contributed by atoms with E-state index in [-0.39, 0.29) is 30.2 Å². The summed E-state index contributed by atoms with van der Waals surface area (Å²) in [5.74, 6) is -2.59. The zero-order valence-electron chi connectivity index (χ0n) is 24.6. The molecule has 2 aromatic carbocycles. The van der Waals surface area contributed by atoms with E-state index in [1.165, 1.54) is 4.90 Å². The molecule has 3 amide bonds. The number of hydrogen-bond donors (Lipinski definition) is 3. The normalized spacial score (nSPS) is 30.7. The predicted octanol–water partition coefficient (Wildman–Crippen LogP) is 2.83. The molecule has 2 bridgehead atoms. The summed E-state index contributed by atoms with van der Waals surface area (Å²) in [6, 6.07) is 15.6. The van der Waals surface area contributed by atoms with E-state index in [0.717, 1.165) is 24.3 Å². The Bertz CT molecular complexity index is 1280. The summed E-state index contributed by atoms with van der Waals surface area (Å²) in [6.07, 6.45) is 0.831. The van der Waals surface area contributed by atoms with Crippen molar-refractivity contribution in [2.45, 2.75) is 63.8 Å². The molecule has 0 aromatic heterocycles. The Morgan fingerprint density at radius 2 is 1.76 bits per heavy atom. The molecular weight excluding hydrogens is 520 g/mol. The molecule has 7 atom stereocenters. The summed E-state index contributed by atoms with van der Waals surface area (Å²) >= 11 is 0. The Hall–Kier alpha value is -3.43. The fraction of sp³-hybridized carbons (Fsp3) is 0.531. The van der Waals surface area contributed by atoms with Crippen molar-refractivity contribution < 1.29 is 24.2 Å². The highest BCUT2D eigenvalue weighted by Crippen LogP contribution is 2.65. The lowest BCUT2D eigenvalue weighted by Gasteiger charge is -2.37. The average Bonchev–Trinajstić information content (AvgIpc) is 3.49. The summed E-state index contributed by atoms with van der Waals surface area (Å²) in [6.45, 7) is 9.50. The Kier molecular flexibility index (Phi) is 7.87. The molecule has 9 nitrogen and oxygen atoms in total. The van der Waals surface area contributed by atoms with Crippen LogP contribution in [0.5, 0.6) is 0 Å². The maximum absolute atomic E-state index is 14.4. The van der Waals surface area contributed by atoms with E-state index in [9.17, 15) is 19.5 Å². The van der Waals surface area contributed by atoms with Crippen LogP contribution in [0.2, 0.25) is 0 Å². The van der Waals surface area contributed by atoms with E-state index in [1.807, 2.05) is 68.4 Å². The van der Waals surface area contributed by atoms with Crippen LogP contribution >= 0.6 is 0 Å². The van der Waals surface area contributed by atoms with Gasteiger partial charge in [0.25, 0.3) is 0 Å². The first-order valence-corrected chi connectivity index (χ1v) is 14.7. The number of likely N-dealkylation sites (tertiary alicyclic amines) is 1. The lowest BCUT2D eigenvalue weighted by Crippen LogP contribution is -2.57. The van der Waals surface area contributed by atoms with Crippen molar-refractivity contribution in [3.05, 3.63) is 60.2 Å². The van der Waals surface area contributed by atoms with Crippen molar-refractivity contribution in [1.82, 2.24) is 10.2 Å². The lowest BCUT2D eigenvalue weighted by molar-refractivity contribution is -0.149. The van der Waals surface area contributed by atoms with E-state index in [0.29, 0.717) is 18.5 Å². The number of rotatable bonds is 10. The third kappa shape index (κ3) is 4.59. The highest BCUT2D eigenvalue weighted by Gasteiger charge is 2.80. The first-order valence-electron chi connectivity index (χ1n) is 14.7. The molecule has 3 N–H and O–H groups in total. The molecule has 41 heavy (non-hydrogen) atoms. The maximum atomic E-state index is 14.4. The Morgan fingerprint density at radius 1 is 1.10 bits per heavy atom. The highest BCUT2D eigenvalue weighted by molar-refractivity contribution is 6.04. The molecule has 3 aliphatic rings. The predicted molar refractivity (Wildman–Crippen MR) is 157 cm³/mol. The van der Waals surface area contributed by atoms with Crippen molar-refractivity contribution in [3.8, 4) is 0 Å². The van der Waals surface area contributed by atoms with Crippen molar-refractivity contribution in [1.29, 1.82) is 0 Å². The molecule has 2 aromatic rings. The van der Waals surface area contributed by atoms with Crippen LogP contribution in [0.25, 0.3) is 0 Å². The molecule has 3 saturated heterocycles. The van der Waals surface area contributed by atoms with Gasteiger partial charge in [0.15, 0.2) is 0 Å². The molecule has 3 heterocycles. The first kappa shape index (κ1) is 29.1. The van der Waals surface area contributed by atoms with Crippen molar-refractivity contribution in [2.24, 2.45) is 17.8 Å². The largest absolute Gasteiger partial charge is 0.394 e. The third-order valence-electron chi connectivity index (χ3n) is 9.71. The third-order valence-corrected chi connectivity index (χ3v) is 9.71. The Balaban J connectivity index is 1.54. The van der Waals surface area contributed by atoms with Crippen LogP contribution in [0.3, 0.4) is 0 Å². The van der Waals surface area contributed by atoms with Crippen LogP contribution in [0.1, 0.15) is 39.7 Å². The van der Waals surface area contributed by atoms with E-state index in [2.05, 4.69) is 29.4 Å². The van der Waals surface area contributed by atoms with Gasteiger partial charge in [-0.05, 0) is 69.4 Å². The van der Waals surface area contributed by atoms with Crippen molar-refractivity contribution in [2.75, 3.05) is 37.0 Å². The van der Waals surface area contributed by atoms with Crippen LogP contribution < -0.4 is 15.5 Å². The summed E-state index contributed by atoms with van der Waals surface area (Å²) in [5, 5.41) is 16.4. The maximum Gasteiger partial charge on any atom is 0.250 e. The van der Waals surface area contributed by atoms with E-state index in [1.54, 1.807) is 7.05 Å². The van der Waals surface area contributed by atoms with Gasteiger partial charge < -0.3 is 30.3 Å². The number of amides is 3. The number of carbonyl (C=O) groups is 3. The fourth-order valence-corrected chi connectivity index (χ4v) is 7.62. The number of nitrogens with zero attached hydrogens (tertiary/aromatic N) is 2. The van der Waals surface area contributed by atoms with Crippen LogP contribution in [0.4, 0.5) is 11.4 Å². The molecule has 0 aliphatic carbocycles. The van der Waals surface area contributed by atoms with Gasteiger partial charge >= 0.3 is 0 Å². The number of carbonyl (C=O) groups excluding carboxylic acids is 3. The topological polar surface area (TPSA) is 111 Å². The number of nitrogens with one attached hydrogen (secondary N) is 2. The summed E-state index contributed by atoms with van der Waals surface area (Å²) in [5.41, 5.74) is 0.535. The molecule has 3 aliphatic heterocycles. The number of ether oxygens (including phenoxy) is 1. The van der Waals surface area contributed by atoms with E-state index in [4.69, 9.17) is 4.74 Å². The Morgan fingerprint density at radius 3 is 2.34 bits per heavy atom. The number of benzene rings is 2. The van der Waals surface area contributed by atoms with Gasteiger partial charge in [0.2, 0.25) is 17.7 Å². The van der Waals surface area contributed by atoms with Crippen LogP contribution in [0, 0.1) is 17.8 Å². The second kappa shape index (κ2) is 11.1. The van der Waals surface area contributed by atoms with Crippen LogP contribution in [0.15, 0.2) is 54.6 Å². The number of hydrogen-bond acceptors (Lipinski definition) is 6. The number of anilines is 2. The average molecular weight is 563 g/mol. The smallest absolute Gasteiger partial charge is 0.250 e. The minimum Gasteiger partial charge on any atom is -0.394 e. The molecule has 3 fully saturated rings. The molecule has 1 spiro atoms. The molecule has 9 heteroatoms. The van der Waals surface area contributed by atoms with Gasteiger partial charge in [0.1, 0.15) is 11.6 Å². The lowest BCUT2D eigenvalue weighted by atomic mass is 9.62. The van der Waals surface area contributed by atoms with Crippen LogP contribution in [-0.2, 0) is 25.5 Å². The Labute approximate surface area is 242 Å². The number of aliphatic hydroxyl groups excluding tert-OH is 1. The summed E-state index contributed by atoms with van der Waals surface area (Å²) < 4.78 is 6.74. The molecule has 5 rings (SSSR count). The van der Waals surface area contributed by atoms with Crippen molar-refractivity contribution >= 4 is 29.1 Å². The standard InChI is InChI=1S/C32H42N4O5/c1-6-35(7-2)23-15-13-22(14-16-23)34-29(39)27-32-18-20(3)31(4,41-32)25(28(38)33-5)26(32)30(40)36(27)24(19-37)17-21-11-9-8-10-12-21/h8-16,20,24-27,37H,6-7,17-19H2,1-5H3,(H,33,38)(H,34,39)/t20?,24-,25+,26+,27?,31-,32?/m1/s1. The zero-order valence-corrected chi connectivity index (χ0v) is 24.6. The van der Waals surface area contributed by atoms with Gasteiger partial charge in [-0.15, -0.1) is 0 Å². The summed E-state index contributed by atoms with van der Waals surface area (Å²) in [4.78, 5) is 45.6. The van der Waals surface area contributed by atoms with Gasteiger partial charge in [-0.2, -0.15) is 0 Å². The second-order valence-electron chi connectivity index (χ2n) is 11.8. The second-order valence-corrected chi connectivity index (χ2v) is 11.8. The number of fused-ring (bicyclic) bond motifs is 1. The molecule has 0 saturated carbocycles. The summed E-state index contributed by atoms with van der Waals surface area (Å²) in [7, 11) is 1.56. The monoisotopic (exact) mass is 562 g/mol. The van der Waals surface area contributed by atoms with Gasteiger partial charge in [0.05, 0.1) is 30.1 Å². The zero-order chi connectivity index (χ0) is 29.5. The number of aliphatic hydroxyl groups is 1. The quantitative estimate of drug-likeness (QED) is 0.411. The van der Waals surface area contributed by atoms with Gasteiger partial charge in [-0.25, -0.2) is 0 Å². The van der Waals surface area contributed by atoms with E-state index >= 15 is 0 Å².